The molecule has 3 heterocycles. The van der Waals surface area contributed by atoms with Crippen molar-refractivity contribution in [1.82, 2.24) is 24.6 Å². The number of hydrogen-bond acceptors (Lipinski definition) is 7. The van der Waals surface area contributed by atoms with E-state index in [9.17, 15) is 14.4 Å². The van der Waals surface area contributed by atoms with Crippen LogP contribution in [0.3, 0.4) is 0 Å². The van der Waals surface area contributed by atoms with E-state index < -0.39 is 23.7 Å². The normalized spacial score (nSPS) is 12.9. The Bertz CT molecular complexity index is 1260. The molecule has 10 nitrogen and oxygen atoms in total. The van der Waals surface area contributed by atoms with Crippen molar-refractivity contribution in [3.05, 3.63) is 62.3 Å². The van der Waals surface area contributed by atoms with Gasteiger partial charge < -0.3 is 14.6 Å². The number of nitrogens with zero attached hydrogens (tertiary/aromatic N) is 4. The van der Waals surface area contributed by atoms with E-state index in [1.54, 1.807) is 17.7 Å². The van der Waals surface area contributed by atoms with E-state index in [-0.39, 0.29) is 17.9 Å². The summed E-state index contributed by atoms with van der Waals surface area (Å²) in [6.45, 7) is 2.20. The van der Waals surface area contributed by atoms with Crippen LogP contribution in [0.2, 0.25) is 0 Å². The first-order chi connectivity index (χ1) is 15.5. The molecule has 1 aromatic carbocycles. The van der Waals surface area contributed by atoms with Crippen molar-refractivity contribution in [2.75, 3.05) is 7.11 Å². The third kappa shape index (κ3) is 4.20. The van der Waals surface area contributed by atoms with Gasteiger partial charge in [0.05, 0.1) is 7.11 Å². The predicted octanol–water partition coefficient (Wildman–Crippen LogP) is 1.28. The minimum absolute atomic E-state index is 0.156. The second-order valence-electron chi connectivity index (χ2n) is 7.60. The van der Waals surface area contributed by atoms with E-state index in [1.165, 1.54) is 0 Å². The summed E-state index contributed by atoms with van der Waals surface area (Å²) < 4.78 is 12.9. The third-order valence-corrected chi connectivity index (χ3v) is 5.50. The molecule has 0 saturated carbocycles. The van der Waals surface area contributed by atoms with Gasteiger partial charge in [0.1, 0.15) is 17.9 Å². The van der Waals surface area contributed by atoms with Gasteiger partial charge in [-0.1, -0.05) is 24.2 Å². The number of fused-ring (bicyclic) bond motifs is 1. The Hall–Kier alpha value is -3.69. The Morgan fingerprint density at radius 2 is 2.12 bits per heavy atom. The zero-order chi connectivity index (χ0) is 22.7. The van der Waals surface area contributed by atoms with Crippen LogP contribution in [0.25, 0.3) is 11.4 Å². The average molecular weight is 439 g/mol. The number of carbonyl (C=O) groups excluding carboxylic acids is 1. The van der Waals surface area contributed by atoms with Crippen LogP contribution in [-0.2, 0) is 37.3 Å². The Labute approximate surface area is 183 Å². The number of rotatable bonds is 7. The summed E-state index contributed by atoms with van der Waals surface area (Å²) in [6.07, 6.45) is 2.77. The molecule has 4 rings (SSSR count). The van der Waals surface area contributed by atoms with Gasteiger partial charge in [0.25, 0.3) is 5.56 Å². The molecule has 0 aliphatic carbocycles. The van der Waals surface area contributed by atoms with E-state index >= 15 is 0 Å². The van der Waals surface area contributed by atoms with Crippen LogP contribution in [0.1, 0.15) is 36.9 Å². The number of carbonyl (C=O) groups is 1. The predicted molar refractivity (Wildman–Crippen MR) is 115 cm³/mol. The molecular formula is C22H25N5O5. The molecule has 32 heavy (non-hydrogen) atoms. The number of benzene rings is 1. The molecule has 1 N–H and O–H groups in total. The summed E-state index contributed by atoms with van der Waals surface area (Å²) in [5, 5.41) is 6.69. The molecule has 0 radical (unpaired) electrons. The zero-order valence-corrected chi connectivity index (χ0v) is 18.1. The zero-order valence-electron chi connectivity index (χ0n) is 18.1. The van der Waals surface area contributed by atoms with Crippen LogP contribution in [0.4, 0.5) is 0 Å². The molecule has 0 atom stereocenters. The van der Waals surface area contributed by atoms with Gasteiger partial charge in [-0.05, 0) is 37.0 Å². The molecule has 1 aliphatic rings. The van der Waals surface area contributed by atoms with Crippen LogP contribution < -0.4 is 21.3 Å². The average Bonchev–Trinajstić information content (AvgIpc) is 3.29. The Kier molecular flexibility index (Phi) is 6.20. The molecule has 1 aliphatic heterocycles. The summed E-state index contributed by atoms with van der Waals surface area (Å²) in [6, 6.07) is 7.28. The van der Waals surface area contributed by atoms with Crippen molar-refractivity contribution in [3.8, 4) is 17.1 Å². The second-order valence-corrected chi connectivity index (χ2v) is 7.60. The van der Waals surface area contributed by atoms with Crippen molar-refractivity contribution in [2.24, 2.45) is 0 Å². The lowest BCUT2D eigenvalue weighted by atomic mass is 10.0. The van der Waals surface area contributed by atoms with Crippen LogP contribution in [0.5, 0.6) is 5.75 Å². The van der Waals surface area contributed by atoms with Gasteiger partial charge in [-0.2, -0.15) is 4.98 Å². The highest BCUT2D eigenvalue weighted by Crippen LogP contribution is 2.21. The van der Waals surface area contributed by atoms with E-state index in [4.69, 9.17) is 9.26 Å². The molecule has 0 spiro atoms. The Morgan fingerprint density at radius 1 is 1.28 bits per heavy atom. The number of hydrogen-bond donors (Lipinski definition) is 1. The first kappa shape index (κ1) is 21.5. The Morgan fingerprint density at radius 3 is 2.88 bits per heavy atom. The van der Waals surface area contributed by atoms with E-state index in [0.29, 0.717) is 36.7 Å². The summed E-state index contributed by atoms with van der Waals surface area (Å²) in [7, 11) is 1.57. The van der Waals surface area contributed by atoms with Crippen molar-refractivity contribution >= 4 is 5.91 Å². The summed E-state index contributed by atoms with van der Waals surface area (Å²) >= 11 is 0. The highest BCUT2D eigenvalue weighted by atomic mass is 16.5. The maximum Gasteiger partial charge on any atom is 0.331 e. The number of methoxy groups -OCH3 is 1. The summed E-state index contributed by atoms with van der Waals surface area (Å²) in [5.74, 6) is 0.791. The number of ether oxygens (including phenoxy) is 1. The van der Waals surface area contributed by atoms with Gasteiger partial charge in [0.2, 0.25) is 17.6 Å². The van der Waals surface area contributed by atoms with Crippen LogP contribution in [0, 0.1) is 0 Å². The second kappa shape index (κ2) is 9.21. The molecule has 3 aromatic rings. The van der Waals surface area contributed by atoms with Crippen LogP contribution >= 0.6 is 0 Å². The largest absolute Gasteiger partial charge is 0.497 e. The molecule has 0 bridgehead atoms. The van der Waals surface area contributed by atoms with Gasteiger partial charge in [-0.15, -0.1) is 0 Å². The SMILES string of the molecule is CCc1nc(-c2c3n(c(=O)n(CC(=O)NCc4cccc(OC)c4)c2=O)CCCC3)no1. The quantitative estimate of drug-likeness (QED) is 0.589. The number of amides is 1. The topological polar surface area (TPSA) is 121 Å². The maximum atomic E-state index is 13.3. The molecule has 10 heteroatoms. The minimum Gasteiger partial charge on any atom is -0.497 e. The highest BCUT2D eigenvalue weighted by molar-refractivity contribution is 5.75. The van der Waals surface area contributed by atoms with Gasteiger partial charge in [-0.25, -0.2) is 4.79 Å². The monoisotopic (exact) mass is 439 g/mol. The molecule has 168 valence electrons. The lowest BCUT2D eigenvalue weighted by molar-refractivity contribution is -0.121. The summed E-state index contributed by atoms with van der Waals surface area (Å²) in [4.78, 5) is 43.2. The lowest BCUT2D eigenvalue weighted by Gasteiger charge is -2.21. The van der Waals surface area contributed by atoms with Gasteiger partial charge in [0.15, 0.2) is 0 Å². The van der Waals surface area contributed by atoms with Crippen molar-refractivity contribution < 1.29 is 14.1 Å². The third-order valence-electron chi connectivity index (χ3n) is 5.50. The fourth-order valence-electron chi connectivity index (χ4n) is 3.84. The fourth-order valence-corrected chi connectivity index (χ4v) is 3.84. The maximum absolute atomic E-state index is 13.3. The number of aromatic nitrogens is 4. The molecule has 0 fully saturated rings. The van der Waals surface area contributed by atoms with Gasteiger partial charge >= 0.3 is 5.69 Å². The highest BCUT2D eigenvalue weighted by Gasteiger charge is 2.26. The molecule has 1 amide bonds. The standard InChI is InChI=1S/C22H25N5O5/c1-3-18-24-20(25-32-18)19-16-9-4-5-10-26(16)22(30)27(21(19)29)13-17(28)23-12-14-7-6-8-15(11-14)31-2/h6-8,11H,3-5,9-10,12-13H2,1-2H3,(H,23,28). The van der Waals surface area contributed by atoms with Crippen molar-refractivity contribution in [3.63, 3.8) is 0 Å². The molecule has 2 aromatic heterocycles. The van der Waals surface area contributed by atoms with Crippen LogP contribution in [0.15, 0.2) is 38.4 Å². The molecule has 0 unspecified atom stereocenters. The fraction of sp³-hybridized carbons (Fsp3) is 0.409. The number of nitrogens with one attached hydrogen (secondary N) is 1. The summed E-state index contributed by atoms with van der Waals surface area (Å²) in [5.41, 5.74) is 0.593. The smallest absolute Gasteiger partial charge is 0.331 e. The van der Waals surface area contributed by atoms with E-state index in [2.05, 4.69) is 15.5 Å². The van der Waals surface area contributed by atoms with E-state index in [1.807, 2.05) is 25.1 Å². The first-order valence-electron chi connectivity index (χ1n) is 10.6. The molecule has 0 saturated heterocycles. The van der Waals surface area contributed by atoms with Crippen LogP contribution in [-0.4, -0.2) is 32.3 Å². The molecular weight excluding hydrogens is 414 g/mol. The van der Waals surface area contributed by atoms with Crippen molar-refractivity contribution in [2.45, 2.75) is 52.2 Å². The number of aryl methyl sites for hydroxylation is 1. The van der Waals surface area contributed by atoms with Gasteiger partial charge in [0, 0.05) is 25.2 Å². The van der Waals surface area contributed by atoms with Gasteiger partial charge in [-0.3, -0.25) is 18.7 Å². The van der Waals surface area contributed by atoms with E-state index in [0.717, 1.165) is 23.0 Å². The minimum atomic E-state index is -0.580. The lowest BCUT2D eigenvalue weighted by Crippen LogP contribution is -2.46. The Balaban J connectivity index is 1.64. The first-order valence-corrected chi connectivity index (χ1v) is 10.6. The van der Waals surface area contributed by atoms with Crippen molar-refractivity contribution in [1.29, 1.82) is 0 Å².